The van der Waals surface area contributed by atoms with Gasteiger partial charge in [-0.15, -0.1) is 0 Å². The van der Waals surface area contributed by atoms with Gasteiger partial charge in [-0.1, -0.05) is 30.3 Å². The van der Waals surface area contributed by atoms with Gasteiger partial charge in [-0.3, -0.25) is 9.59 Å². The molecular formula is C12H11N3O2S. The van der Waals surface area contributed by atoms with E-state index in [-0.39, 0.29) is 10.6 Å². The summed E-state index contributed by atoms with van der Waals surface area (Å²) >= 11 is 0.906. The van der Waals surface area contributed by atoms with Crippen molar-refractivity contribution in [2.24, 2.45) is 11.5 Å². The van der Waals surface area contributed by atoms with Gasteiger partial charge < -0.3 is 11.5 Å². The third-order valence-electron chi connectivity index (χ3n) is 2.47. The van der Waals surface area contributed by atoms with Gasteiger partial charge in [0.1, 0.15) is 10.6 Å². The number of benzene rings is 1. The molecule has 0 atom stereocenters. The van der Waals surface area contributed by atoms with Crippen LogP contribution in [0.15, 0.2) is 30.3 Å². The van der Waals surface area contributed by atoms with Gasteiger partial charge in [0.2, 0.25) is 0 Å². The molecule has 1 aromatic heterocycles. The van der Waals surface area contributed by atoms with Crippen LogP contribution in [0.3, 0.4) is 0 Å². The lowest BCUT2D eigenvalue weighted by atomic mass is 10.0. The molecule has 0 saturated carbocycles. The minimum absolute atomic E-state index is 0.123. The van der Waals surface area contributed by atoms with Crippen molar-refractivity contribution in [2.75, 3.05) is 0 Å². The average molecular weight is 261 g/mol. The van der Waals surface area contributed by atoms with E-state index in [2.05, 4.69) is 4.37 Å². The van der Waals surface area contributed by atoms with Crippen LogP contribution in [0.1, 0.15) is 31.3 Å². The van der Waals surface area contributed by atoms with Crippen LogP contribution in [0.25, 0.3) is 0 Å². The molecule has 0 aliphatic rings. The Kier molecular flexibility index (Phi) is 3.38. The Morgan fingerprint density at radius 3 is 2.33 bits per heavy atom. The van der Waals surface area contributed by atoms with Crippen molar-refractivity contribution in [3.63, 3.8) is 0 Å². The van der Waals surface area contributed by atoms with Gasteiger partial charge in [-0.05, 0) is 17.1 Å². The summed E-state index contributed by atoms with van der Waals surface area (Å²) in [5, 5.41) is 0. The largest absolute Gasteiger partial charge is 0.365 e. The Bertz CT molecular complexity index is 561. The third-order valence-corrected chi connectivity index (χ3v) is 3.37. The van der Waals surface area contributed by atoms with Crippen LogP contribution in [-0.2, 0) is 6.42 Å². The first-order chi connectivity index (χ1) is 8.59. The molecule has 0 aliphatic carbocycles. The molecule has 2 amide bonds. The Morgan fingerprint density at radius 2 is 1.78 bits per heavy atom. The van der Waals surface area contributed by atoms with Gasteiger partial charge in [0.05, 0.1) is 0 Å². The van der Waals surface area contributed by atoms with Gasteiger partial charge in [-0.25, -0.2) is 0 Å². The first-order valence-corrected chi connectivity index (χ1v) is 5.99. The summed E-state index contributed by atoms with van der Waals surface area (Å²) in [7, 11) is 0. The molecule has 2 aromatic rings. The predicted octanol–water partition coefficient (Wildman–Crippen LogP) is 0.932. The molecule has 0 bridgehead atoms. The minimum Gasteiger partial charge on any atom is -0.365 e. The van der Waals surface area contributed by atoms with Gasteiger partial charge in [0.25, 0.3) is 11.8 Å². The number of hydrogen-bond donors (Lipinski definition) is 2. The Labute approximate surface area is 108 Å². The van der Waals surface area contributed by atoms with E-state index in [4.69, 9.17) is 11.5 Å². The lowest BCUT2D eigenvalue weighted by Crippen LogP contribution is -2.17. The van der Waals surface area contributed by atoms with E-state index in [1.165, 1.54) is 0 Å². The molecule has 0 saturated heterocycles. The van der Waals surface area contributed by atoms with Crippen molar-refractivity contribution in [1.29, 1.82) is 0 Å². The van der Waals surface area contributed by atoms with Gasteiger partial charge in [-0.2, -0.15) is 4.37 Å². The van der Waals surface area contributed by atoms with E-state index in [1.54, 1.807) is 0 Å². The highest BCUT2D eigenvalue weighted by Crippen LogP contribution is 2.21. The first-order valence-electron chi connectivity index (χ1n) is 5.21. The number of carbonyl (C=O) groups is 2. The van der Waals surface area contributed by atoms with Crippen LogP contribution in [0.4, 0.5) is 0 Å². The lowest BCUT2D eigenvalue weighted by molar-refractivity contribution is 0.0995. The Morgan fingerprint density at radius 1 is 1.11 bits per heavy atom. The zero-order valence-electron chi connectivity index (χ0n) is 9.42. The maximum Gasteiger partial charge on any atom is 0.268 e. The summed E-state index contributed by atoms with van der Waals surface area (Å²) in [4.78, 5) is 22.8. The summed E-state index contributed by atoms with van der Waals surface area (Å²) in [6.07, 6.45) is 0.411. The molecule has 0 radical (unpaired) electrons. The molecule has 0 spiro atoms. The topological polar surface area (TPSA) is 99.1 Å². The summed E-state index contributed by atoms with van der Waals surface area (Å²) in [5.41, 5.74) is 12.1. The summed E-state index contributed by atoms with van der Waals surface area (Å²) in [6, 6.07) is 9.44. The molecule has 0 fully saturated rings. The molecule has 1 heterocycles. The molecule has 5 nitrogen and oxygen atoms in total. The SMILES string of the molecule is NC(=O)c1nsc(C(N)=O)c1Cc1ccccc1. The molecule has 6 heteroatoms. The van der Waals surface area contributed by atoms with Crippen molar-refractivity contribution in [2.45, 2.75) is 6.42 Å². The highest BCUT2D eigenvalue weighted by atomic mass is 32.1. The zero-order chi connectivity index (χ0) is 13.1. The zero-order valence-corrected chi connectivity index (χ0v) is 10.2. The Hall–Kier alpha value is -2.21. The van der Waals surface area contributed by atoms with Crippen molar-refractivity contribution in [3.05, 3.63) is 52.0 Å². The fourth-order valence-corrected chi connectivity index (χ4v) is 2.41. The molecule has 1 aromatic carbocycles. The van der Waals surface area contributed by atoms with E-state index in [0.717, 1.165) is 17.1 Å². The fourth-order valence-electron chi connectivity index (χ4n) is 1.66. The highest BCUT2D eigenvalue weighted by Gasteiger charge is 2.21. The number of rotatable bonds is 4. The van der Waals surface area contributed by atoms with Crippen molar-refractivity contribution in [3.8, 4) is 0 Å². The molecule has 0 unspecified atom stereocenters. The quantitative estimate of drug-likeness (QED) is 0.856. The maximum absolute atomic E-state index is 11.3. The van der Waals surface area contributed by atoms with Crippen molar-refractivity contribution >= 4 is 23.3 Å². The smallest absolute Gasteiger partial charge is 0.268 e. The summed E-state index contributed by atoms with van der Waals surface area (Å²) < 4.78 is 3.90. The second-order valence-electron chi connectivity index (χ2n) is 3.73. The number of nitrogens with two attached hydrogens (primary N) is 2. The maximum atomic E-state index is 11.3. The predicted molar refractivity (Wildman–Crippen MR) is 68.4 cm³/mol. The number of amides is 2. The fraction of sp³-hybridized carbons (Fsp3) is 0.0833. The lowest BCUT2D eigenvalue weighted by Gasteiger charge is -2.02. The van der Waals surface area contributed by atoms with E-state index in [1.807, 2.05) is 30.3 Å². The van der Waals surface area contributed by atoms with Gasteiger partial charge in [0, 0.05) is 12.0 Å². The highest BCUT2D eigenvalue weighted by molar-refractivity contribution is 7.08. The van der Waals surface area contributed by atoms with Crippen LogP contribution in [-0.4, -0.2) is 16.2 Å². The molecule has 92 valence electrons. The van der Waals surface area contributed by atoms with Crippen LogP contribution < -0.4 is 11.5 Å². The first kappa shape index (κ1) is 12.3. The van der Waals surface area contributed by atoms with E-state index in [0.29, 0.717) is 12.0 Å². The van der Waals surface area contributed by atoms with Crippen molar-refractivity contribution < 1.29 is 9.59 Å². The van der Waals surface area contributed by atoms with Crippen LogP contribution in [0.5, 0.6) is 0 Å². The molecule has 2 rings (SSSR count). The van der Waals surface area contributed by atoms with Gasteiger partial charge >= 0.3 is 0 Å². The van der Waals surface area contributed by atoms with E-state index >= 15 is 0 Å². The summed E-state index contributed by atoms with van der Waals surface area (Å²) in [5.74, 6) is -1.24. The number of nitrogens with zero attached hydrogens (tertiary/aromatic N) is 1. The Balaban J connectivity index is 2.44. The van der Waals surface area contributed by atoms with Crippen LogP contribution in [0.2, 0.25) is 0 Å². The second-order valence-corrected chi connectivity index (χ2v) is 4.50. The summed E-state index contributed by atoms with van der Waals surface area (Å²) in [6.45, 7) is 0. The molecule has 4 N–H and O–H groups in total. The monoisotopic (exact) mass is 261 g/mol. The van der Waals surface area contributed by atoms with Gasteiger partial charge in [0.15, 0.2) is 0 Å². The van der Waals surface area contributed by atoms with Crippen molar-refractivity contribution in [1.82, 2.24) is 4.37 Å². The van der Waals surface area contributed by atoms with E-state index in [9.17, 15) is 9.59 Å². The van der Waals surface area contributed by atoms with Crippen LogP contribution in [0, 0.1) is 0 Å². The second kappa shape index (κ2) is 4.97. The number of aromatic nitrogens is 1. The molecule has 18 heavy (non-hydrogen) atoms. The van der Waals surface area contributed by atoms with E-state index < -0.39 is 11.8 Å². The molecule has 0 aliphatic heterocycles. The standard InChI is InChI=1S/C12H11N3O2S/c13-11(16)9-8(10(12(14)17)18-15-9)6-7-4-2-1-3-5-7/h1-5H,6H2,(H2,13,16)(H2,14,17). The average Bonchev–Trinajstić information content (AvgIpc) is 2.74. The number of primary amides is 2. The van der Waals surface area contributed by atoms with Crippen LogP contribution >= 0.6 is 11.5 Å². The number of carbonyl (C=O) groups excluding carboxylic acids is 2. The number of hydrogen-bond acceptors (Lipinski definition) is 4. The normalized spacial score (nSPS) is 10.2. The third kappa shape index (κ3) is 2.38. The minimum atomic E-state index is -0.648. The molecular weight excluding hydrogens is 250 g/mol.